The van der Waals surface area contributed by atoms with Crippen LogP contribution in [0.15, 0.2) is 103 Å². The summed E-state index contributed by atoms with van der Waals surface area (Å²) in [6, 6.07) is 17.4. The van der Waals surface area contributed by atoms with E-state index in [0.717, 1.165) is 42.5 Å². The van der Waals surface area contributed by atoms with Gasteiger partial charge in [0.15, 0.2) is 5.78 Å². The molecular weight excluding hydrogens is 798 g/mol. The minimum atomic E-state index is -4.87. The van der Waals surface area contributed by atoms with Gasteiger partial charge in [0.25, 0.3) is 0 Å². The van der Waals surface area contributed by atoms with Crippen molar-refractivity contribution in [1.82, 2.24) is 16.0 Å². The Bertz CT molecular complexity index is 2180. The monoisotopic (exact) mass is 838 g/mol. The van der Waals surface area contributed by atoms with Gasteiger partial charge in [0.2, 0.25) is 23.6 Å². The molecule has 2 aliphatic heterocycles. The molecule has 316 valence electrons. The van der Waals surface area contributed by atoms with Gasteiger partial charge in [0.05, 0.1) is 23.1 Å². The Morgan fingerprint density at radius 2 is 1.13 bits per heavy atom. The Morgan fingerprint density at radius 3 is 1.75 bits per heavy atom. The topological polar surface area (TPSA) is 171 Å². The maximum Gasteiger partial charge on any atom is 0.416 e. The molecule has 0 radical (unpaired) electrons. The largest absolute Gasteiger partial charge is 0.481 e. The summed E-state index contributed by atoms with van der Waals surface area (Å²) in [5.74, 6) is -7.05. The predicted octanol–water partition coefficient (Wildman–Crippen LogP) is 5.84. The number of halogens is 6. The number of aliphatic carboxylic acids is 1. The summed E-state index contributed by atoms with van der Waals surface area (Å²) < 4.78 is 82.4. The van der Waals surface area contributed by atoms with E-state index in [1.165, 1.54) is 18.2 Å². The van der Waals surface area contributed by atoms with Crippen LogP contribution in [0.25, 0.3) is 0 Å². The number of amides is 4. The minimum absolute atomic E-state index is 0.103. The van der Waals surface area contributed by atoms with Crippen molar-refractivity contribution in [1.29, 1.82) is 0 Å². The number of carbonyl (C=O) groups is 6. The van der Waals surface area contributed by atoms with Crippen molar-refractivity contribution in [3.63, 3.8) is 0 Å². The van der Waals surface area contributed by atoms with Gasteiger partial charge in [-0.05, 0) is 65.4 Å². The number of Topliss-reactive ketones (excluding diaryl/α,β-unsaturated/α-hetero) is 1. The predicted molar refractivity (Wildman–Crippen MR) is 205 cm³/mol. The van der Waals surface area contributed by atoms with E-state index < -0.39 is 121 Å². The van der Waals surface area contributed by atoms with Crippen LogP contribution in [0.2, 0.25) is 0 Å². The van der Waals surface area contributed by atoms with Gasteiger partial charge in [-0.1, -0.05) is 72.8 Å². The third-order valence-electron chi connectivity index (χ3n) is 9.84. The van der Waals surface area contributed by atoms with Crippen molar-refractivity contribution in [3.05, 3.63) is 137 Å². The molecule has 2 heterocycles. The molecule has 2 aliphatic rings. The van der Waals surface area contributed by atoms with Crippen molar-refractivity contribution in [2.24, 2.45) is 5.92 Å². The minimum Gasteiger partial charge on any atom is -0.481 e. The van der Waals surface area contributed by atoms with E-state index in [9.17, 15) is 60.2 Å². The highest BCUT2D eigenvalue weighted by atomic mass is 19.4. The molecule has 4 amide bonds. The third kappa shape index (κ3) is 12.7. The number of ketones is 1. The number of carboxylic acid groups (broad SMARTS) is 1. The maximum absolute atomic E-state index is 14.2. The van der Waals surface area contributed by atoms with E-state index in [1.807, 2.05) is 0 Å². The van der Waals surface area contributed by atoms with Crippen molar-refractivity contribution in [3.8, 4) is 0 Å². The van der Waals surface area contributed by atoms with Crippen LogP contribution in [-0.4, -0.2) is 58.6 Å². The van der Waals surface area contributed by atoms with E-state index in [1.54, 1.807) is 42.5 Å². The highest BCUT2D eigenvalue weighted by Crippen LogP contribution is 2.33. The average Bonchev–Trinajstić information content (AvgIpc) is 3.19. The van der Waals surface area contributed by atoms with Gasteiger partial charge in [-0.2, -0.15) is 26.3 Å². The summed E-state index contributed by atoms with van der Waals surface area (Å²) >= 11 is 0. The first-order chi connectivity index (χ1) is 28.3. The van der Waals surface area contributed by atoms with Crippen LogP contribution >= 0.6 is 0 Å². The lowest BCUT2D eigenvalue weighted by Crippen LogP contribution is -2.57. The van der Waals surface area contributed by atoms with Crippen LogP contribution in [0, 0.1) is 5.92 Å². The first kappa shape index (κ1) is 44.6. The fourth-order valence-electron chi connectivity index (χ4n) is 6.68. The quantitative estimate of drug-likeness (QED) is 0.115. The van der Waals surface area contributed by atoms with Crippen LogP contribution < -0.4 is 21.3 Å². The van der Waals surface area contributed by atoms with Gasteiger partial charge >= 0.3 is 18.3 Å². The van der Waals surface area contributed by atoms with E-state index >= 15 is 0 Å². The fourth-order valence-corrected chi connectivity index (χ4v) is 6.68. The van der Waals surface area contributed by atoms with Crippen LogP contribution in [0.1, 0.15) is 52.6 Å². The number of carboxylic acids is 1. The zero-order valence-electron chi connectivity index (χ0n) is 31.7. The standard InChI is InChI=1S/C43H40F6N4O7/c44-42(45,46)30-14-10-27(11-15-30)22-34-39(57)52-33(21-25-6-2-1-3-7-25)36(54)24-29(41(59)60)20-26-12-16-31(17-13-26)50-37(55)18-19-38(56)51-35(40(58)53-34)23-28-8-4-5-9-32(28)43(47,48)49/h1-17,29,33-35H,18-24H2,(H,50,55)(H,51,56)(H,52,57)(H,53,58)(H,59,60)/t29-,33-,34+,35-/m1/s1. The van der Waals surface area contributed by atoms with Crippen molar-refractivity contribution in [2.75, 3.05) is 5.32 Å². The molecule has 4 aromatic rings. The lowest BCUT2D eigenvalue weighted by atomic mass is 9.90. The molecule has 11 nitrogen and oxygen atoms in total. The van der Waals surface area contributed by atoms with Crippen LogP contribution in [0.5, 0.6) is 0 Å². The van der Waals surface area contributed by atoms with Gasteiger partial charge in [-0.3, -0.25) is 28.8 Å². The lowest BCUT2D eigenvalue weighted by Gasteiger charge is -2.26. The molecule has 0 spiro atoms. The van der Waals surface area contributed by atoms with Crippen LogP contribution in [-0.2, 0) is 66.8 Å². The summed E-state index contributed by atoms with van der Waals surface area (Å²) in [7, 11) is 0. The second-order valence-electron chi connectivity index (χ2n) is 14.3. The van der Waals surface area contributed by atoms with Crippen LogP contribution in [0.3, 0.4) is 0 Å². The van der Waals surface area contributed by atoms with E-state index in [-0.39, 0.29) is 18.4 Å². The van der Waals surface area contributed by atoms with E-state index in [4.69, 9.17) is 0 Å². The number of rotatable bonds is 7. The molecule has 0 fully saturated rings. The second-order valence-corrected chi connectivity index (χ2v) is 14.3. The number of anilines is 1. The molecule has 4 aromatic carbocycles. The smallest absolute Gasteiger partial charge is 0.416 e. The van der Waals surface area contributed by atoms with Gasteiger partial charge in [0.1, 0.15) is 12.1 Å². The van der Waals surface area contributed by atoms with Gasteiger partial charge in [-0.25, -0.2) is 0 Å². The molecule has 0 unspecified atom stereocenters. The normalized spacial score (nSPS) is 20.3. The van der Waals surface area contributed by atoms with E-state index in [0.29, 0.717) is 16.8 Å². The molecular formula is C43H40F6N4O7. The summed E-state index contributed by atoms with van der Waals surface area (Å²) in [5, 5.41) is 20.1. The molecule has 0 saturated heterocycles. The Morgan fingerprint density at radius 1 is 0.583 bits per heavy atom. The molecule has 5 N–H and O–H groups in total. The first-order valence-corrected chi connectivity index (χ1v) is 18.7. The zero-order chi connectivity index (χ0) is 43.6. The third-order valence-corrected chi connectivity index (χ3v) is 9.84. The Balaban J connectivity index is 1.56. The molecule has 60 heavy (non-hydrogen) atoms. The number of hydrogen-bond donors (Lipinski definition) is 5. The van der Waals surface area contributed by atoms with Crippen molar-refractivity contribution >= 4 is 41.1 Å². The molecule has 0 aliphatic carbocycles. The number of benzene rings is 4. The number of alkyl halides is 6. The van der Waals surface area contributed by atoms with Gasteiger partial charge in [-0.15, -0.1) is 0 Å². The molecule has 0 aromatic heterocycles. The number of hydrogen-bond acceptors (Lipinski definition) is 6. The Hall–Kier alpha value is -6.52. The molecule has 0 saturated carbocycles. The molecule has 6 rings (SSSR count). The number of nitrogens with one attached hydrogen (secondary N) is 4. The maximum atomic E-state index is 14.2. The van der Waals surface area contributed by atoms with Crippen LogP contribution in [0.4, 0.5) is 32.0 Å². The average molecular weight is 839 g/mol. The second kappa shape index (κ2) is 19.5. The van der Waals surface area contributed by atoms with E-state index in [2.05, 4.69) is 21.3 Å². The zero-order valence-corrected chi connectivity index (χ0v) is 31.7. The SMILES string of the molecule is O=C1CCC(=O)N[C@H](Cc2ccccc2C(F)(F)F)C(=O)N[C@@H](Cc2ccc(C(F)(F)F)cc2)C(=O)N[C@H](Cc2ccccc2)C(=O)C[C@H](C(=O)O)Cc2ccc(cc2)N1. The summed E-state index contributed by atoms with van der Waals surface area (Å²) in [6.45, 7) is 0. The molecule has 17 heteroatoms. The lowest BCUT2D eigenvalue weighted by molar-refractivity contribution is -0.144. The molecule has 2 bridgehead atoms. The first-order valence-electron chi connectivity index (χ1n) is 18.7. The summed E-state index contributed by atoms with van der Waals surface area (Å²) in [5.41, 5.74) is -1.07. The van der Waals surface area contributed by atoms with Gasteiger partial charge < -0.3 is 26.4 Å². The Labute approximate surface area is 339 Å². The highest BCUT2D eigenvalue weighted by molar-refractivity contribution is 5.97. The highest BCUT2D eigenvalue weighted by Gasteiger charge is 2.37. The number of fused-ring (bicyclic) bond motifs is 18. The summed E-state index contributed by atoms with van der Waals surface area (Å²) in [6.07, 6.45) is -12.6. The van der Waals surface area contributed by atoms with Crippen molar-refractivity contribution < 1.29 is 60.2 Å². The van der Waals surface area contributed by atoms with Gasteiger partial charge in [0, 0.05) is 37.8 Å². The summed E-state index contributed by atoms with van der Waals surface area (Å²) in [4.78, 5) is 80.8. The van der Waals surface area contributed by atoms with Crippen molar-refractivity contribution in [2.45, 2.75) is 75.4 Å². The molecule has 4 atom stereocenters. The number of carbonyl (C=O) groups excluding carboxylic acids is 5. The Kier molecular flexibility index (Phi) is 14.5. The fraction of sp³-hybridized carbons (Fsp3) is 0.302.